The van der Waals surface area contributed by atoms with Gasteiger partial charge in [0.2, 0.25) is 0 Å². The lowest BCUT2D eigenvalue weighted by Gasteiger charge is -2.18. The smallest absolute Gasteiger partial charge is 0.197 e. The van der Waals surface area contributed by atoms with E-state index in [2.05, 4.69) is 4.98 Å². The second-order valence-corrected chi connectivity index (χ2v) is 6.43. The lowest BCUT2D eigenvalue weighted by Crippen LogP contribution is -2.22. The topological polar surface area (TPSA) is 86.2 Å². The summed E-state index contributed by atoms with van der Waals surface area (Å²) in [6, 6.07) is 0. The Labute approximate surface area is 95.0 Å². The lowest BCUT2D eigenvalue weighted by atomic mass is 10.0. The van der Waals surface area contributed by atoms with Crippen LogP contribution < -0.4 is 5.73 Å². The Morgan fingerprint density at radius 1 is 1.44 bits per heavy atom. The van der Waals surface area contributed by atoms with E-state index in [0.717, 1.165) is 5.76 Å². The third kappa shape index (κ3) is 2.62. The monoisotopic (exact) mass is 244 g/mol. The van der Waals surface area contributed by atoms with Crippen molar-refractivity contribution in [2.45, 2.75) is 25.2 Å². The number of nitrogens with two attached hydrogens (primary N) is 1. The fourth-order valence-corrected chi connectivity index (χ4v) is 3.40. The predicted octanol–water partition coefficient (Wildman–Crippen LogP) is 0.468. The highest BCUT2D eigenvalue weighted by molar-refractivity contribution is 7.91. The lowest BCUT2D eigenvalue weighted by molar-refractivity contribution is 0.401. The Morgan fingerprint density at radius 2 is 2.12 bits per heavy atom. The van der Waals surface area contributed by atoms with Gasteiger partial charge in [-0.1, -0.05) is 0 Å². The molecule has 0 spiro atoms. The minimum atomic E-state index is -2.82. The molecular formula is C10H16N2O3S. The van der Waals surface area contributed by atoms with Crippen molar-refractivity contribution in [3.8, 4) is 0 Å². The Bertz CT molecular complexity index is 438. The molecule has 6 heteroatoms. The largest absolute Gasteiger partial charge is 0.445 e. The van der Waals surface area contributed by atoms with E-state index in [9.17, 15) is 8.42 Å². The minimum Gasteiger partial charge on any atom is -0.445 e. The van der Waals surface area contributed by atoms with Gasteiger partial charge in [-0.05, 0) is 19.4 Å². The molecule has 1 aromatic rings. The summed E-state index contributed by atoms with van der Waals surface area (Å²) < 4.78 is 28.1. The first kappa shape index (κ1) is 11.6. The molecule has 0 saturated carbocycles. The minimum absolute atomic E-state index is 0.148. The maximum atomic E-state index is 11.3. The van der Waals surface area contributed by atoms with Crippen molar-refractivity contribution < 1.29 is 12.8 Å². The van der Waals surface area contributed by atoms with Crippen LogP contribution in [0.5, 0.6) is 0 Å². The van der Waals surface area contributed by atoms with Crippen LogP contribution in [-0.4, -0.2) is 31.5 Å². The van der Waals surface area contributed by atoms with Gasteiger partial charge in [-0.2, -0.15) is 0 Å². The average Bonchev–Trinajstić information content (AvgIpc) is 2.67. The van der Waals surface area contributed by atoms with E-state index in [4.69, 9.17) is 10.2 Å². The number of rotatable bonds is 3. The third-order valence-corrected chi connectivity index (χ3v) is 4.58. The van der Waals surface area contributed by atoms with Crippen molar-refractivity contribution in [3.05, 3.63) is 17.8 Å². The summed E-state index contributed by atoms with van der Waals surface area (Å²) in [7, 11) is -2.82. The summed E-state index contributed by atoms with van der Waals surface area (Å²) in [4.78, 5) is 4.19. The first-order valence-corrected chi connectivity index (χ1v) is 7.28. The van der Waals surface area contributed by atoms with Gasteiger partial charge < -0.3 is 10.2 Å². The number of nitrogens with zero attached hydrogens (tertiary/aromatic N) is 1. The van der Waals surface area contributed by atoms with Gasteiger partial charge in [0.1, 0.15) is 15.6 Å². The van der Waals surface area contributed by atoms with Gasteiger partial charge in [0.05, 0.1) is 17.7 Å². The Kier molecular flexibility index (Phi) is 3.30. The fourth-order valence-electron chi connectivity index (χ4n) is 1.91. The highest BCUT2D eigenvalue weighted by atomic mass is 32.2. The molecule has 2 N–H and O–H groups in total. The van der Waals surface area contributed by atoms with E-state index < -0.39 is 9.84 Å². The number of oxazole rings is 1. The zero-order valence-electron chi connectivity index (χ0n) is 9.05. The molecule has 90 valence electrons. The van der Waals surface area contributed by atoms with Crippen LogP contribution in [0.25, 0.3) is 0 Å². The van der Waals surface area contributed by atoms with Crippen LogP contribution in [0.15, 0.2) is 10.6 Å². The summed E-state index contributed by atoms with van der Waals surface area (Å²) in [6.07, 6.45) is 3.60. The molecular weight excluding hydrogens is 228 g/mol. The molecule has 0 amide bonds. The van der Waals surface area contributed by atoms with Crippen molar-refractivity contribution in [1.29, 1.82) is 0 Å². The van der Waals surface area contributed by atoms with Gasteiger partial charge in [0.15, 0.2) is 5.89 Å². The summed E-state index contributed by atoms with van der Waals surface area (Å²) in [5, 5.41) is 0. The molecule has 1 fully saturated rings. The van der Waals surface area contributed by atoms with E-state index in [-0.39, 0.29) is 17.4 Å². The summed E-state index contributed by atoms with van der Waals surface area (Å²) >= 11 is 0. The van der Waals surface area contributed by atoms with E-state index in [1.165, 1.54) is 0 Å². The Hall–Kier alpha value is -0.880. The molecule has 1 aliphatic rings. The van der Waals surface area contributed by atoms with Crippen molar-refractivity contribution >= 4 is 9.84 Å². The molecule has 0 radical (unpaired) electrons. The van der Waals surface area contributed by atoms with Crippen molar-refractivity contribution in [2.75, 3.05) is 18.1 Å². The molecule has 1 saturated heterocycles. The van der Waals surface area contributed by atoms with E-state index in [0.29, 0.717) is 31.7 Å². The molecule has 0 aromatic carbocycles. The van der Waals surface area contributed by atoms with Crippen LogP contribution in [-0.2, 0) is 16.3 Å². The number of aromatic nitrogens is 1. The van der Waals surface area contributed by atoms with Gasteiger partial charge in [-0.15, -0.1) is 0 Å². The third-order valence-electron chi connectivity index (χ3n) is 2.87. The van der Waals surface area contributed by atoms with Crippen LogP contribution in [0.2, 0.25) is 0 Å². The van der Waals surface area contributed by atoms with Gasteiger partial charge in [0, 0.05) is 12.3 Å². The fraction of sp³-hybridized carbons (Fsp3) is 0.700. The Balaban J connectivity index is 2.02. The predicted molar refractivity (Wildman–Crippen MR) is 59.9 cm³/mol. The summed E-state index contributed by atoms with van der Waals surface area (Å²) in [5.41, 5.74) is 5.42. The average molecular weight is 244 g/mol. The zero-order chi connectivity index (χ0) is 11.6. The maximum absolute atomic E-state index is 11.3. The second kappa shape index (κ2) is 4.55. The molecule has 1 aromatic heterocycles. The van der Waals surface area contributed by atoms with Gasteiger partial charge in [-0.3, -0.25) is 0 Å². The number of hydrogen-bond donors (Lipinski definition) is 1. The van der Waals surface area contributed by atoms with Crippen molar-refractivity contribution in [2.24, 2.45) is 5.73 Å². The highest BCUT2D eigenvalue weighted by Gasteiger charge is 2.27. The highest BCUT2D eigenvalue weighted by Crippen LogP contribution is 2.28. The second-order valence-electron chi connectivity index (χ2n) is 4.13. The molecule has 0 aliphatic carbocycles. The van der Waals surface area contributed by atoms with Gasteiger partial charge in [0.25, 0.3) is 0 Å². The molecule has 0 atom stereocenters. The summed E-state index contributed by atoms with van der Waals surface area (Å²) in [6.45, 7) is 0.535. The first-order valence-electron chi connectivity index (χ1n) is 5.46. The zero-order valence-corrected chi connectivity index (χ0v) is 9.87. The van der Waals surface area contributed by atoms with Crippen LogP contribution in [0, 0.1) is 0 Å². The van der Waals surface area contributed by atoms with E-state index in [1.807, 2.05) is 0 Å². The molecule has 2 rings (SSSR count). The molecule has 2 heterocycles. The van der Waals surface area contributed by atoms with Crippen LogP contribution in [0.1, 0.15) is 30.4 Å². The molecule has 5 nitrogen and oxygen atoms in total. The first-order chi connectivity index (χ1) is 7.61. The van der Waals surface area contributed by atoms with E-state index >= 15 is 0 Å². The molecule has 0 bridgehead atoms. The SMILES string of the molecule is NCCc1cnc(C2CCS(=O)(=O)CC2)o1. The van der Waals surface area contributed by atoms with Crippen LogP contribution in [0.4, 0.5) is 0 Å². The molecule has 1 aliphatic heterocycles. The summed E-state index contributed by atoms with van der Waals surface area (Å²) in [5.74, 6) is 2.08. The van der Waals surface area contributed by atoms with Crippen molar-refractivity contribution in [1.82, 2.24) is 4.98 Å². The van der Waals surface area contributed by atoms with Gasteiger partial charge in [-0.25, -0.2) is 13.4 Å². The van der Waals surface area contributed by atoms with Crippen molar-refractivity contribution in [3.63, 3.8) is 0 Å². The maximum Gasteiger partial charge on any atom is 0.197 e. The number of hydrogen-bond acceptors (Lipinski definition) is 5. The standard InChI is InChI=1S/C10H16N2O3S/c11-4-1-9-7-12-10(15-9)8-2-5-16(13,14)6-3-8/h7-8H,1-6,11H2. The van der Waals surface area contributed by atoms with Gasteiger partial charge >= 0.3 is 0 Å². The molecule has 16 heavy (non-hydrogen) atoms. The quantitative estimate of drug-likeness (QED) is 0.835. The Morgan fingerprint density at radius 3 is 2.75 bits per heavy atom. The normalized spacial score (nSPS) is 21.1. The molecule has 0 unspecified atom stereocenters. The van der Waals surface area contributed by atoms with Crippen LogP contribution >= 0.6 is 0 Å². The van der Waals surface area contributed by atoms with E-state index in [1.54, 1.807) is 6.20 Å². The number of sulfone groups is 1. The van der Waals surface area contributed by atoms with Crippen LogP contribution in [0.3, 0.4) is 0 Å².